The Balaban J connectivity index is 5.16. The van der Waals surface area contributed by atoms with Crippen LogP contribution in [0.4, 0.5) is 0 Å². The van der Waals surface area contributed by atoms with Crippen LogP contribution in [0.15, 0.2) is 0 Å². The average Bonchev–Trinajstić information content (AvgIpc) is 3.68. The van der Waals surface area contributed by atoms with Crippen molar-refractivity contribution in [3.63, 3.8) is 0 Å². The third kappa shape index (κ3) is 60.9. The van der Waals surface area contributed by atoms with E-state index < -0.39 is 97.5 Å². The van der Waals surface area contributed by atoms with Gasteiger partial charge in [-0.1, -0.05) is 286 Å². The molecule has 0 aromatic rings. The zero-order valence-corrected chi connectivity index (χ0v) is 57.4. The van der Waals surface area contributed by atoms with Gasteiger partial charge in [-0.2, -0.15) is 0 Å². The maximum absolute atomic E-state index is 13.0. The lowest BCUT2D eigenvalue weighted by Crippen LogP contribution is -2.30. The number of ether oxygens (including phenoxy) is 4. The average molecular weight is 1270 g/mol. The predicted molar refractivity (Wildman–Crippen MR) is 345 cm³/mol. The maximum Gasteiger partial charge on any atom is 0.472 e. The summed E-state index contributed by atoms with van der Waals surface area (Å²) in [5.74, 6) is -0.649. The third-order valence-corrected chi connectivity index (χ3v) is 17.4. The Kier molecular flexibility index (Phi) is 58.0. The van der Waals surface area contributed by atoms with E-state index in [9.17, 15) is 43.2 Å². The topological polar surface area (TPSA) is 237 Å². The molecule has 0 fully saturated rings. The largest absolute Gasteiger partial charge is 0.472 e. The molecule has 17 nitrogen and oxygen atoms in total. The van der Waals surface area contributed by atoms with E-state index in [2.05, 4.69) is 41.5 Å². The van der Waals surface area contributed by atoms with Crippen LogP contribution >= 0.6 is 15.6 Å². The minimum Gasteiger partial charge on any atom is -0.462 e. The quantitative estimate of drug-likeness (QED) is 0.0222. The van der Waals surface area contributed by atoms with Crippen LogP contribution in [0.5, 0.6) is 0 Å². The van der Waals surface area contributed by atoms with Crippen LogP contribution in [0.2, 0.25) is 0 Å². The number of aliphatic hydroxyl groups excluding tert-OH is 1. The Bertz CT molecular complexity index is 1680. The van der Waals surface area contributed by atoms with Crippen molar-refractivity contribution < 1.29 is 80.2 Å². The van der Waals surface area contributed by atoms with Crippen LogP contribution in [-0.4, -0.2) is 96.7 Å². The number of hydrogen-bond donors (Lipinski definition) is 3. The monoisotopic (exact) mass is 1270 g/mol. The first-order chi connectivity index (χ1) is 41.4. The van der Waals surface area contributed by atoms with Crippen molar-refractivity contribution in [3.05, 3.63) is 0 Å². The summed E-state index contributed by atoms with van der Waals surface area (Å²) in [6, 6.07) is 0. The Labute approximate surface area is 524 Å². The first-order valence-electron chi connectivity index (χ1n) is 35.0. The van der Waals surface area contributed by atoms with Crippen molar-refractivity contribution in [2.75, 3.05) is 39.6 Å². The van der Waals surface area contributed by atoms with E-state index in [1.165, 1.54) is 148 Å². The Hall–Kier alpha value is -1.94. The van der Waals surface area contributed by atoms with Crippen LogP contribution in [0.3, 0.4) is 0 Å². The van der Waals surface area contributed by atoms with Gasteiger partial charge in [-0.15, -0.1) is 0 Å². The normalized spacial score (nSPS) is 14.2. The summed E-state index contributed by atoms with van der Waals surface area (Å²) in [4.78, 5) is 72.1. The van der Waals surface area contributed by atoms with Gasteiger partial charge >= 0.3 is 39.5 Å². The fourth-order valence-electron chi connectivity index (χ4n) is 10.1. The molecule has 2 unspecified atom stereocenters. The summed E-state index contributed by atoms with van der Waals surface area (Å²) >= 11 is 0. The zero-order valence-electron chi connectivity index (χ0n) is 55.6. The number of phosphoric acid groups is 2. The first-order valence-corrected chi connectivity index (χ1v) is 38.0. The van der Waals surface area contributed by atoms with Gasteiger partial charge in [0.25, 0.3) is 0 Å². The minimum atomic E-state index is -4.95. The summed E-state index contributed by atoms with van der Waals surface area (Å²) < 4.78 is 67.9. The Morgan fingerprint density at radius 1 is 0.314 bits per heavy atom. The molecule has 0 aliphatic heterocycles. The molecule has 19 heteroatoms. The number of esters is 4. The molecule has 0 heterocycles. The van der Waals surface area contributed by atoms with Crippen LogP contribution in [0, 0.1) is 11.8 Å². The van der Waals surface area contributed by atoms with Gasteiger partial charge in [-0.3, -0.25) is 37.3 Å². The van der Waals surface area contributed by atoms with Crippen LogP contribution < -0.4 is 0 Å². The molecule has 3 N–H and O–H groups in total. The molecule has 0 saturated heterocycles. The predicted octanol–water partition coefficient (Wildman–Crippen LogP) is 18.8. The second kappa shape index (κ2) is 59.4. The molecule has 5 atom stereocenters. The zero-order chi connectivity index (χ0) is 63.6. The molecule has 0 bridgehead atoms. The third-order valence-electron chi connectivity index (χ3n) is 15.5. The van der Waals surface area contributed by atoms with Gasteiger partial charge in [0.15, 0.2) is 12.2 Å². The lowest BCUT2D eigenvalue weighted by atomic mass is 10.0. The van der Waals surface area contributed by atoms with Crippen LogP contribution in [0.25, 0.3) is 0 Å². The number of hydrogen-bond acceptors (Lipinski definition) is 15. The molecule has 0 saturated carbocycles. The van der Waals surface area contributed by atoms with Gasteiger partial charge < -0.3 is 33.8 Å². The second-order valence-corrected chi connectivity index (χ2v) is 28.1. The molecule has 0 spiro atoms. The van der Waals surface area contributed by atoms with E-state index in [0.29, 0.717) is 31.6 Å². The van der Waals surface area contributed by atoms with E-state index in [1.807, 2.05) is 0 Å². The number of carbonyl (C=O) groups is 4. The number of aliphatic hydroxyl groups is 1. The van der Waals surface area contributed by atoms with Crippen LogP contribution in [-0.2, 0) is 65.4 Å². The lowest BCUT2D eigenvalue weighted by molar-refractivity contribution is -0.161. The second-order valence-electron chi connectivity index (χ2n) is 25.2. The summed E-state index contributed by atoms with van der Waals surface area (Å²) in [7, 11) is -9.88. The molecule has 0 aromatic heterocycles. The molecule has 86 heavy (non-hydrogen) atoms. The van der Waals surface area contributed by atoms with Crippen LogP contribution in [0.1, 0.15) is 337 Å². The molecule has 0 aliphatic rings. The molecule has 0 rings (SSSR count). The van der Waals surface area contributed by atoms with Gasteiger partial charge in [-0.25, -0.2) is 9.13 Å². The molecule has 0 aliphatic carbocycles. The van der Waals surface area contributed by atoms with E-state index in [-0.39, 0.29) is 25.7 Å². The Morgan fingerprint density at radius 2 is 0.535 bits per heavy atom. The van der Waals surface area contributed by atoms with E-state index >= 15 is 0 Å². The van der Waals surface area contributed by atoms with E-state index in [0.717, 1.165) is 102 Å². The number of rotatable bonds is 66. The van der Waals surface area contributed by atoms with Gasteiger partial charge in [0, 0.05) is 25.7 Å². The van der Waals surface area contributed by atoms with Gasteiger partial charge in [0.05, 0.1) is 26.4 Å². The highest BCUT2D eigenvalue weighted by molar-refractivity contribution is 7.47. The fraction of sp³-hybridized carbons (Fsp3) is 0.940. The molecule has 0 aromatic carbocycles. The minimum absolute atomic E-state index is 0.103. The van der Waals surface area contributed by atoms with E-state index in [4.69, 9.17) is 37.0 Å². The highest BCUT2D eigenvalue weighted by Crippen LogP contribution is 2.45. The summed E-state index contributed by atoms with van der Waals surface area (Å²) in [6.45, 7) is 9.39. The molecule has 510 valence electrons. The molecule has 0 amide bonds. The maximum atomic E-state index is 13.0. The van der Waals surface area contributed by atoms with Crippen molar-refractivity contribution in [1.82, 2.24) is 0 Å². The van der Waals surface area contributed by atoms with E-state index in [1.54, 1.807) is 0 Å². The smallest absolute Gasteiger partial charge is 0.462 e. The molecular weight excluding hydrogens is 1140 g/mol. The first kappa shape index (κ1) is 84.1. The number of phosphoric ester groups is 2. The van der Waals surface area contributed by atoms with Crippen molar-refractivity contribution in [2.45, 2.75) is 355 Å². The fourth-order valence-corrected chi connectivity index (χ4v) is 11.6. The van der Waals surface area contributed by atoms with Crippen molar-refractivity contribution in [2.24, 2.45) is 11.8 Å². The summed E-state index contributed by atoms with van der Waals surface area (Å²) in [5, 5.41) is 10.5. The summed E-state index contributed by atoms with van der Waals surface area (Å²) in [5.41, 5.74) is 0. The number of unbranched alkanes of at least 4 members (excludes halogenated alkanes) is 36. The highest BCUT2D eigenvalue weighted by atomic mass is 31.2. The van der Waals surface area contributed by atoms with Gasteiger partial charge in [-0.05, 0) is 37.5 Å². The Morgan fingerprint density at radius 3 is 0.791 bits per heavy atom. The standard InChI is InChI=1S/C67H130O17P2/c1-7-9-11-13-14-15-16-17-21-24-27-32-38-44-50-65(70)78-56-63(84-66(71)51-45-39-33-28-25-22-19-18-20-23-26-30-36-41-47-59(3)4)58-82-86(75,76)80-54-61(68)53-79-85(73,74)81-57-62(55-77-64(69)49-43-35-12-10-8-2)83-67(72)52-46-40-34-29-31-37-42-48-60(5)6/h59-63,68H,7-58H2,1-6H3,(H,73,74)(H,75,76)/t61-,62+,63+/m0/s1. The highest BCUT2D eigenvalue weighted by Gasteiger charge is 2.30. The SMILES string of the molecule is CCCCCCCCCCCCCCCCC(=O)OC[C@H](COP(=O)(O)OC[C@@H](O)COP(=O)(O)OC[C@@H](COC(=O)CCCCCCC)OC(=O)CCCCCCCCCC(C)C)OC(=O)CCCCCCCCCCCCCCCCC(C)C. The number of carbonyl (C=O) groups excluding carboxylic acids is 4. The van der Waals surface area contributed by atoms with Crippen molar-refractivity contribution in [1.29, 1.82) is 0 Å². The van der Waals surface area contributed by atoms with Gasteiger partial charge in [0.2, 0.25) is 0 Å². The van der Waals surface area contributed by atoms with Gasteiger partial charge in [0.1, 0.15) is 19.3 Å². The van der Waals surface area contributed by atoms with Crippen molar-refractivity contribution >= 4 is 39.5 Å². The summed E-state index contributed by atoms with van der Waals surface area (Å²) in [6.07, 6.45) is 43.5. The lowest BCUT2D eigenvalue weighted by Gasteiger charge is -2.21. The molecule has 0 radical (unpaired) electrons. The van der Waals surface area contributed by atoms with Crippen molar-refractivity contribution in [3.8, 4) is 0 Å². The molecular formula is C67H130O17P2.